The van der Waals surface area contributed by atoms with Gasteiger partial charge in [0.25, 0.3) is 0 Å². The number of carbonyl (C=O) groups is 2. The van der Waals surface area contributed by atoms with E-state index in [0.717, 1.165) is 43.7 Å². The molecule has 2 heterocycles. The number of amides is 2. The first-order valence-corrected chi connectivity index (χ1v) is 9.70. The third-order valence-corrected chi connectivity index (χ3v) is 7.25. The standard InChI is InChI=1S/C14H22N2O2S2/c17-12-9-16(8-11-10-19-6-7-20-11)13(18)14(15-12)4-2-1-3-5-14/h11H,1-10H2,(H,15,17). The summed E-state index contributed by atoms with van der Waals surface area (Å²) in [5, 5.41) is 3.50. The lowest BCUT2D eigenvalue weighted by Crippen LogP contribution is -2.67. The Labute approximate surface area is 128 Å². The van der Waals surface area contributed by atoms with E-state index in [1.165, 1.54) is 12.2 Å². The van der Waals surface area contributed by atoms with Crippen LogP contribution >= 0.6 is 23.5 Å². The average molecular weight is 314 g/mol. The van der Waals surface area contributed by atoms with Crippen LogP contribution in [-0.2, 0) is 9.59 Å². The van der Waals surface area contributed by atoms with Crippen molar-refractivity contribution >= 4 is 35.3 Å². The van der Waals surface area contributed by atoms with Crippen LogP contribution in [0.4, 0.5) is 0 Å². The maximum atomic E-state index is 12.8. The van der Waals surface area contributed by atoms with Crippen molar-refractivity contribution in [2.75, 3.05) is 30.3 Å². The highest BCUT2D eigenvalue weighted by molar-refractivity contribution is 8.06. The second-order valence-electron chi connectivity index (χ2n) is 5.94. The van der Waals surface area contributed by atoms with E-state index in [1.807, 2.05) is 28.4 Å². The van der Waals surface area contributed by atoms with Gasteiger partial charge in [-0.1, -0.05) is 19.3 Å². The van der Waals surface area contributed by atoms with Crippen LogP contribution in [-0.4, -0.2) is 57.9 Å². The smallest absolute Gasteiger partial charge is 0.248 e. The van der Waals surface area contributed by atoms with E-state index in [-0.39, 0.29) is 18.4 Å². The van der Waals surface area contributed by atoms with E-state index in [4.69, 9.17) is 0 Å². The van der Waals surface area contributed by atoms with Crippen molar-refractivity contribution in [2.45, 2.75) is 42.9 Å². The molecule has 3 rings (SSSR count). The highest BCUT2D eigenvalue weighted by atomic mass is 32.2. The molecule has 4 nitrogen and oxygen atoms in total. The summed E-state index contributed by atoms with van der Waals surface area (Å²) in [5.74, 6) is 3.67. The van der Waals surface area contributed by atoms with Crippen LogP contribution < -0.4 is 5.32 Å². The molecular formula is C14H22N2O2S2. The minimum absolute atomic E-state index is 0.0277. The van der Waals surface area contributed by atoms with Gasteiger partial charge in [0.2, 0.25) is 11.8 Å². The summed E-state index contributed by atoms with van der Waals surface area (Å²) in [6.07, 6.45) is 4.92. The van der Waals surface area contributed by atoms with Gasteiger partial charge in [0.15, 0.2) is 0 Å². The lowest BCUT2D eigenvalue weighted by Gasteiger charge is -2.45. The quantitative estimate of drug-likeness (QED) is 0.839. The zero-order valence-corrected chi connectivity index (χ0v) is 13.4. The molecule has 3 fully saturated rings. The predicted octanol–water partition coefficient (Wildman–Crippen LogP) is 1.50. The molecule has 1 saturated carbocycles. The summed E-state index contributed by atoms with van der Waals surface area (Å²) in [5.41, 5.74) is -0.569. The van der Waals surface area contributed by atoms with Gasteiger partial charge in [-0.3, -0.25) is 9.59 Å². The fourth-order valence-electron chi connectivity index (χ4n) is 3.44. The molecule has 1 spiro atoms. The number of rotatable bonds is 2. The first kappa shape index (κ1) is 14.6. The highest BCUT2D eigenvalue weighted by Gasteiger charge is 2.47. The first-order valence-electron chi connectivity index (χ1n) is 7.49. The first-order chi connectivity index (χ1) is 9.70. The van der Waals surface area contributed by atoms with Crippen molar-refractivity contribution in [1.29, 1.82) is 0 Å². The molecule has 0 radical (unpaired) electrons. The molecule has 2 amide bonds. The van der Waals surface area contributed by atoms with E-state index >= 15 is 0 Å². The highest BCUT2D eigenvalue weighted by Crippen LogP contribution is 2.33. The van der Waals surface area contributed by atoms with Crippen molar-refractivity contribution in [3.8, 4) is 0 Å². The fourth-order valence-corrected chi connectivity index (χ4v) is 6.12. The summed E-state index contributed by atoms with van der Waals surface area (Å²) in [7, 11) is 0. The van der Waals surface area contributed by atoms with Crippen molar-refractivity contribution in [3.63, 3.8) is 0 Å². The van der Waals surface area contributed by atoms with Crippen LogP contribution in [0.2, 0.25) is 0 Å². The van der Waals surface area contributed by atoms with Gasteiger partial charge < -0.3 is 10.2 Å². The van der Waals surface area contributed by atoms with Crippen molar-refractivity contribution < 1.29 is 9.59 Å². The molecule has 20 heavy (non-hydrogen) atoms. The van der Waals surface area contributed by atoms with Gasteiger partial charge in [0, 0.05) is 29.1 Å². The van der Waals surface area contributed by atoms with Gasteiger partial charge in [-0.2, -0.15) is 23.5 Å². The number of carbonyl (C=O) groups excluding carboxylic acids is 2. The van der Waals surface area contributed by atoms with Crippen molar-refractivity contribution in [3.05, 3.63) is 0 Å². The summed E-state index contributed by atoms with van der Waals surface area (Å²) < 4.78 is 0. The summed E-state index contributed by atoms with van der Waals surface area (Å²) in [4.78, 5) is 26.7. The topological polar surface area (TPSA) is 49.4 Å². The average Bonchev–Trinajstić information content (AvgIpc) is 2.46. The predicted molar refractivity (Wildman–Crippen MR) is 84.1 cm³/mol. The largest absolute Gasteiger partial charge is 0.340 e. The molecule has 112 valence electrons. The Morgan fingerprint density at radius 1 is 1.20 bits per heavy atom. The molecule has 1 unspecified atom stereocenters. The van der Waals surface area contributed by atoms with Gasteiger partial charge in [0.1, 0.15) is 5.54 Å². The van der Waals surface area contributed by atoms with Gasteiger partial charge >= 0.3 is 0 Å². The third-order valence-electron chi connectivity index (χ3n) is 4.43. The zero-order valence-electron chi connectivity index (χ0n) is 11.7. The number of piperazine rings is 1. The van der Waals surface area contributed by atoms with Gasteiger partial charge in [-0.25, -0.2) is 0 Å². The second-order valence-corrected chi connectivity index (χ2v) is 8.50. The normalized spacial score (nSPS) is 30.4. The molecule has 1 atom stereocenters. The SMILES string of the molecule is O=C1CN(CC2CSCCS2)C(=O)C2(CCCCC2)N1. The zero-order chi connectivity index (χ0) is 14.0. The number of hydrogen-bond donors (Lipinski definition) is 1. The van der Waals surface area contributed by atoms with Gasteiger partial charge in [-0.15, -0.1) is 0 Å². The molecule has 1 aliphatic carbocycles. The molecule has 2 aliphatic heterocycles. The molecule has 0 aromatic carbocycles. The molecule has 0 aromatic rings. The molecule has 0 aromatic heterocycles. The Kier molecular flexibility index (Phi) is 4.50. The van der Waals surface area contributed by atoms with Gasteiger partial charge in [0.05, 0.1) is 6.54 Å². The lowest BCUT2D eigenvalue weighted by molar-refractivity contribution is -0.151. The number of thioether (sulfide) groups is 2. The Bertz CT molecular complexity index is 391. The molecule has 6 heteroatoms. The summed E-state index contributed by atoms with van der Waals surface area (Å²) >= 11 is 3.91. The van der Waals surface area contributed by atoms with E-state index < -0.39 is 5.54 Å². The fraction of sp³-hybridized carbons (Fsp3) is 0.857. The Morgan fingerprint density at radius 3 is 2.70 bits per heavy atom. The van der Waals surface area contributed by atoms with Crippen LogP contribution in [0, 0.1) is 0 Å². The maximum Gasteiger partial charge on any atom is 0.248 e. The van der Waals surface area contributed by atoms with Crippen LogP contribution in [0.5, 0.6) is 0 Å². The van der Waals surface area contributed by atoms with Crippen LogP contribution in [0.25, 0.3) is 0 Å². The number of nitrogens with zero attached hydrogens (tertiary/aromatic N) is 1. The van der Waals surface area contributed by atoms with Crippen LogP contribution in [0.1, 0.15) is 32.1 Å². The summed E-state index contributed by atoms with van der Waals surface area (Å²) in [6, 6.07) is 0. The minimum Gasteiger partial charge on any atom is -0.340 e. The Morgan fingerprint density at radius 2 is 2.00 bits per heavy atom. The number of hydrogen-bond acceptors (Lipinski definition) is 4. The second kappa shape index (κ2) is 6.18. The monoisotopic (exact) mass is 314 g/mol. The molecular weight excluding hydrogens is 292 g/mol. The van der Waals surface area contributed by atoms with Crippen molar-refractivity contribution in [2.24, 2.45) is 0 Å². The lowest BCUT2D eigenvalue weighted by atomic mass is 9.79. The molecule has 2 saturated heterocycles. The van der Waals surface area contributed by atoms with E-state index in [2.05, 4.69) is 5.32 Å². The minimum atomic E-state index is -0.569. The summed E-state index contributed by atoms with van der Waals surface area (Å²) in [6.45, 7) is 0.994. The van der Waals surface area contributed by atoms with E-state index in [0.29, 0.717) is 5.25 Å². The maximum absolute atomic E-state index is 12.8. The van der Waals surface area contributed by atoms with E-state index in [1.54, 1.807) is 0 Å². The van der Waals surface area contributed by atoms with Crippen LogP contribution in [0.3, 0.4) is 0 Å². The van der Waals surface area contributed by atoms with Gasteiger partial charge in [-0.05, 0) is 12.8 Å². The van der Waals surface area contributed by atoms with Crippen LogP contribution in [0.15, 0.2) is 0 Å². The van der Waals surface area contributed by atoms with E-state index in [9.17, 15) is 9.59 Å². The van der Waals surface area contributed by atoms with Crippen molar-refractivity contribution in [1.82, 2.24) is 10.2 Å². The third kappa shape index (κ3) is 2.96. The molecule has 0 bridgehead atoms. The Hall–Kier alpha value is -0.360. The molecule has 3 aliphatic rings. The Balaban J connectivity index is 1.69. The molecule has 1 N–H and O–H groups in total. The number of nitrogens with one attached hydrogen (secondary N) is 1.